The molecule has 5 nitrogen and oxygen atoms in total. The third-order valence-electron chi connectivity index (χ3n) is 1.87. The van der Waals surface area contributed by atoms with Gasteiger partial charge in [-0.2, -0.15) is 4.98 Å². The van der Waals surface area contributed by atoms with Crippen molar-refractivity contribution in [2.75, 3.05) is 24.2 Å². The maximum atomic E-state index is 9.56. The van der Waals surface area contributed by atoms with Crippen LogP contribution in [0, 0.1) is 0 Å². The van der Waals surface area contributed by atoms with Crippen LogP contribution in [0.2, 0.25) is 0 Å². The average molecular weight is 225 g/mol. The standard InChI is InChI=1S/C11H19N3O2/c1-4-16-10-8(12)5-6-9(14-10)13-7-11(2,3)15/h5-6,15H,4,7,12H2,1-3H3,(H,13,14). The van der Waals surface area contributed by atoms with Gasteiger partial charge >= 0.3 is 0 Å². The normalized spacial score (nSPS) is 11.2. The van der Waals surface area contributed by atoms with Gasteiger partial charge in [-0.25, -0.2) is 0 Å². The molecule has 0 saturated heterocycles. The second-order valence-corrected chi connectivity index (χ2v) is 4.19. The van der Waals surface area contributed by atoms with Crippen LogP contribution in [0.25, 0.3) is 0 Å². The number of hydrogen-bond donors (Lipinski definition) is 3. The summed E-state index contributed by atoms with van der Waals surface area (Å²) in [4.78, 5) is 4.20. The fourth-order valence-corrected chi connectivity index (χ4v) is 1.11. The molecule has 0 unspecified atom stereocenters. The van der Waals surface area contributed by atoms with E-state index in [2.05, 4.69) is 10.3 Å². The van der Waals surface area contributed by atoms with Crippen molar-refractivity contribution in [1.29, 1.82) is 0 Å². The Bertz CT molecular complexity index is 348. The lowest BCUT2D eigenvalue weighted by atomic mass is 10.1. The summed E-state index contributed by atoms with van der Waals surface area (Å²) in [5, 5.41) is 12.6. The highest BCUT2D eigenvalue weighted by Gasteiger charge is 2.12. The average Bonchev–Trinajstić information content (AvgIpc) is 2.18. The molecule has 0 aliphatic carbocycles. The first-order valence-corrected chi connectivity index (χ1v) is 5.28. The molecule has 16 heavy (non-hydrogen) atoms. The quantitative estimate of drug-likeness (QED) is 0.702. The molecule has 0 aliphatic heterocycles. The lowest BCUT2D eigenvalue weighted by Crippen LogP contribution is -2.29. The minimum Gasteiger partial charge on any atom is -0.476 e. The summed E-state index contributed by atoms with van der Waals surface area (Å²) in [6, 6.07) is 3.48. The third-order valence-corrected chi connectivity index (χ3v) is 1.87. The fourth-order valence-electron chi connectivity index (χ4n) is 1.11. The maximum Gasteiger partial charge on any atom is 0.239 e. The summed E-state index contributed by atoms with van der Waals surface area (Å²) in [5.41, 5.74) is 5.42. The van der Waals surface area contributed by atoms with Crippen molar-refractivity contribution in [3.8, 4) is 5.88 Å². The molecule has 0 saturated carbocycles. The van der Waals surface area contributed by atoms with E-state index in [1.165, 1.54) is 0 Å². The molecule has 0 radical (unpaired) electrons. The van der Waals surface area contributed by atoms with Gasteiger partial charge in [-0.1, -0.05) is 0 Å². The molecule has 90 valence electrons. The molecule has 0 bridgehead atoms. The number of rotatable bonds is 5. The van der Waals surface area contributed by atoms with E-state index < -0.39 is 5.60 Å². The number of pyridine rings is 1. The fraction of sp³-hybridized carbons (Fsp3) is 0.545. The minimum atomic E-state index is -0.783. The molecular weight excluding hydrogens is 206 g/mol. The first-order valence-electron chi connectivity index (χ1n) is 5.28. The van der Waals surface area contributed by atoms with Crippen LogP contribution in [0.1, 0.15) is 20.8 Å². The molecule has 4 N–H and O–H groups in total. The van der Waals surface area contributed by atoms with Crippen LogP contribution >= 0.6 is 0 Å². The Morgan fingerprint density at radius 3 is 2.75 bits per heavy atom. The van der Waals surface area contributed by atoms with Crippen LogP contribution < -0.4 is 15.8 Å². The number of aliphatic hydroxyl groups is 1. The maximum absolute atomic E-state index is 9.56. The molecule has 1 aromatic rings. The second-order valence-electron chi connectivity index (χ2n) is 4.19. The molecule has 0 amide bonds. The Hall–Kier alpha value is -1.49. The van der Waals surface area contributed by atoms with Crippen molar-refractivity contribution >= 4 is 11.5 Å². The lowest BCUT2D eigenvalue weighted by molar-refractivity contribution is 0.0944. The second kappa shape index (κ2) is 5.03. The lowest BCUT2D eigenvalue weighted by Gasteiger charge is -2.18. The van der Waals surface area contributed by atoms with Gasteiger partial charge in [0.1, 0.15) is 5.82 Å². The van der Waals surface area contributed by atoms with Crippen LogP contribution in [0.5, 0.6) is 5.88 Å². The Labute approximate surface area is 95.6 Å². The van der Waals surface area contributed by atoms with Gasteiger partial charge in [0, 0.05) is 6.54 Å². The van der Waals surface area contributed by atoms with E-state index in [0.29, 0.717) is 30.5 Å². The predicted octanol–water partition coefficient (Wildman–Crippen LogP) is 1.25. The van der Waals surface area contributed by atoms with E-state index in [9.17, 15) is 5.11 Å². The highest BCUT2D eigenvalue weighted by atomic mass is 16.5. The molecule has 0 aliphatic rings. The molecule has 0 aromatic carbocycles. The summed E-state index contributed by atoms with van der Waals surface area (Å²) >= 11 is 0. The number of hydrogen-bond acceptors (Lipinski definition) is 5. The molecule has 0 spiro atoms. The van der Waals surface area contributed by atoms with Crippen LogP contribution in [0.4, 0.5) is 11.5 Å². The van der Waals surface area contributed by atoms with Gasteiger partial charge < -0.3 is 20.9 Å². The molecule has 0 atom stereocenters. The number of nitrogen functional groups attached to an aromatic ring is 1. The Balaban J connectivity index is 2.71. The summed E-state index contributed by atoms with van der Waals surface area (Å²) in [6.45, 7) is 6.25. The van der Waals surface area contributed by atoms with Gasteiger partial charge in [0.2, 0.25) is 5.88 Å². The van der Waals surface area contributed by atoms with Crippen molar-refractivity contribution in [2.24, 2.45) is 0 Å². The Morgan fingerprint density at radius 2 is 2.19 bits per heavy atom. The number of aromatic nitrogens is 1. The molecule has 1 heterocycles. The van der Waals surface area contributed by atoms with Crippen molar-refractivity contribution in [1.82, 2.24) is 4.98 Å². The predicted molar refractivity (Wildman–Crippen MR) is 64.6 cm³/mol. The summed E-state index contributed by atoms with van der Waals surface area (Å²) in [7, 11) is 0. The first kappa shape index (κ1) is 12.6. The molecular formula is C11H19N3O2. The Kier molecular flexibility index (Phi) is 3.95. The molecule has 0 fully saturated rings. The zero-order valence-corrected chi connectivity index (χ0v) is 9.95. The highest BCUT2D eigenvalue weighted by molar-refractivity contribution is 5.53. The summed E-state index contributed by atoms with van der Waals surface area (Å²) in [5.74, 6) is 1.06. The van der Waals surface area contributed by atoms with Crippen molar-refractivity contribution in [3.63, 3.8) is 0 Å². The van der Waals surface area contributed by atoms with Crippen LogP contribution in [-0.2, 0) is 0 Å². The number of nitrogens with zero attached hydrogens (tertiary/aromatic N) is 1. The zero-order valence-electron chi connectivity index (χ0n) is 9.95. The van der Waals surface area contributed by atoms with E-state index >= 15 is 0 Å². The van der Waals surface area contributed by atoms with Crippen molar-refractivity contribution in [3.05, 3.63) is 12.1 Å². The van der Waals surface area contributed by atoms with Gasteiger partial charge in [0.25, 0.3) is 0 Å². The van der Waals surface area contributed by atoms with Gasteiger partial charge in [0.15, 0.2) is 0 Å². The smallest absolute Gasteiger partial charge is 0.239 e. The molecule has 1 rings (SSSR count). The van der Waals surface area contributed by atoms with E-state index in [-0.39, 0.29) is 0 Å². The van der Waals surface area contributed by atoms with Gasteiger partial charge in [0.05, 0.1) is 17.9 Å². The number of nitrogens with one attached hydrogen (secondary N) is 1. The number of anilines is 2. The zero-order chi connectivity index (χ0) is 12.2. The van der Waals surface area contributed by atoms with E-state index in [0.717, 1.165) is 0 Å². The van der Waals surface area contributed by atoms with Gasteiger partial charge in [-0.15, -0.1) is 0 Å². The first-order chi connectivity index (χ1) is 7.42. The van der Waals surface area contributed by atoms with Crippen LogP contribution in [-0.4, -0.2) is 28.8 Å². The topological polar surface area (TPSA) is 80.4 Å². The van der Waals surface area contributed by atoms with Crippen molar-refractivity contribution in [2.45, 2.75) is 26.4 Å². The van der Waals surface area contributed by atoms with Crippen LogP contribution in [0.3, 0.4) is 0 Å². The SMILES string of the molecule is CCOc1nc(NCC(C)(C)O)ccc1N. The van der Waals surface area contributed by atoms with E-state index in [1.807, 2.05) is 6.92 Å². The number of nitrogens with two attached hydrogens (primary N) is 1. The molecule has 1 aromatic heterocycles. The van der Waals surface area contributed by atoms with Gasteiger partial charge in [-0.05, 0) is 32.9 Å². The Morgan fingerprint density at radius 1 is 1.50 bits per heavy atom. The van der Waals surface area contributed by atoms with Gasteiger partial charge in [-0.3, -0.25) is 0 Å². The van der Waals surface area contributed by atoms with Crippen LogP contribution in [0.15, 0.2) is 12.1 Å². The number of ether oxygens (including phenoxy) is 1. The van der Waals surface area contributed by atoms with E-state index in [4.69, 9.17) is 10.5 Å². The summed E-state index contributed by atoms with van der Waals surface area (Å²) in [6.07, 6.45) is 0. The third kappa shape index (κ3) is 3.94. The molecule has 5 heteroatoms. The monoisotopic (exact) mass is 225 g/mol. The highest BCUT2D eigenvalue weighted by Crippen LogP contribution is 2.20. The largest absolute Gasteiger partial charge is 0.476 e. The summed E-state index contributed by atoms with van der Waals surface area (Å²) < 4.78 is 5.27. The van der Waals surface area contributed by atoms with E-state index in [1.54, 1.807) is 26.0 Å². The van der Waals surface area contributed by atoms with Crippen molar-refractivity contribution < 1.29 is 9.84 Å². The minimum absolute atomic E-state index is 0.412.